The number of nitrogens with zero attached hydrogens (tertiary/aromatic N) is 2. The Balaban J connectivity index is 1.95. The third-order valence-electron chi connectivity index (χ3n) is 4.31. The maximum atomic E-state index is 14.1. The first-order valence-electron chi connectivity index (χ1n) is 7.87. The second-order valence-electron chi connectivity index (χ2n) is 5.96. The van der Waals surface area contributed by atoms with Crippen LogP contribution in [0, 0.1) is 11.6 Å². The third-order valence-corrected chi connectivity index (χ3v) is 4.31. The summed E-state index contributed by atoms with van der Waals surface area (Å²) in [5, 5.41) is 9.96. The fourth-order valence-corrected chi connectivity index (χ4v) is 3.07. The minimum atomic E-state index is -0.774. The molecule has 1 N–H and O–H groups in total. The number of carbonyl (C=O) groups is 1. The summed E-state index contributed by atoms with van der Waals surface area (Å²) in [4.78, 5) is 18.2. The average Bonchev–Trinajstić information content (AvgIpc) is 2.98. The van der Waals surface area contributed by atoms with Crippen LogP contribution in [0.5, 0.6) is 0 Å². The van der Waals surface area contributed by atoms with E-state index in [1.54, 1.807) is 12.3 Å². The van der Waals surface area contributed by atoms with Gasteiger partial charge in [0.2, 0.25) is 0 Å². The van der Waals surface area contributed by atoms with Gasteiger partial charge in [0.1, 0.15) is 11.6 Å². The molecule has 2 atom stereocenters. The summed E-state index contributed by atoms with van der Waals surface area (Å²) in [7, 11) is 0. The maximum absolute atomic E-state index is 14.1. The quantitative estimate of drug-likeness (QED) is 0.940. The molecule has 1 aromatic heterocycles. The summed E-state index contributed by atoms with van der Waals surface area (Å²) in [6.45, 7) is 2.03. The van der Waals surface area contributed by atoms with Crippen LogP contribution in [-0.4, -0.2) is 33.5 Å². The van der Waals surface area contributed by atoms with Gasteiger partial charge in [-0.15, -0.1) is 0 Å². The summed E-state index contributed by atoms with van der Waals surface area (Å²) in [6, 6.07) is 4.19. The van der Waals surface area contributed by atoms with Gasteiger partial charge in [0.05, 0.1) is 17.7 Å². The first kappa shape index (κ1) is 16.5. The van der Waals surface area contributed by atoms with Gasteiger partial charge in [-0.25, -0.2) is 8.78 Å². The molecule has 0 radical (unpaired) electrons. The van der Waals surface area contributed by atoms with Crippen molar-refractivity contribution in [3.8, 4) is 0 Å². The van der Waals surface area contributed by atoms with Gasteiger partial charge >= 0.3 is 0 Å². The first-order chi connectivity index (χ1) is 11.5. The number of benzene rings is 1. The predicted molar refractivity (Wildman–Crippen MR) is 84.4 cm³/mol. The standard InChI is InChI=1S/C18H18F2N2O2/c1-2-11-5-12(9-21-8-11)18(24)22-10-14(23)7-17(22)15-6-13(19)3-4-16(15)20/h3-6,8-9,14,17,23H,2,7,10H2,1H3/t14-,17+/m1/s1. The molecule has 6 heteroatoms. The molecule has 2 aromatic rings. The Kier molecular flexibility index (Phi) is 4.57. The normalized spacial score (nSPS) is 20.4. The molecule has 3 rings (SSSR count). The van der Waals surface area contributed by atoms with Crippen molar-refractivity contribution < 1.29 is 18.7 Å². The molecule has 1 saturated heterocycles. The Morgan fingerprint density at radius 1 is 1.33 bits per heavy atom. The Bertz CT molecular complexity index is 766. The molecule has 1 aliphatic rings. The highest BCUT2D eigenvalue weighted by molar-refractivity contribution is 5.94. The highest BCUT2D eigenvalue weighted by atomic mass is 19.1. The lowest BCUT2D eigenvalue weighted by molar-refractivity contribution is 0.0713. The molecule has 0 aliphatic carbocycles. The molecule has 1 fully saturated rings. The van der Waals surface area contributed by atoms with Crippen LogP contribution in [0.25, 0.3) is 0 Å². The van der Waals surface area contributed by atoms with Gasteiger partial charge in [-0.1, -0.05) is 6.92 Å². The molecule has 1 amide bonds. The lowest BCUT2D eigenvalue weighted by Crippen LogP contribution is -2.32. The molecule has 0 saturated carbocycles. The molecule has 0 bridgehead atoms. The third kappa shape index (κ3) is 3.14. The number of amides is 1. The zero-order valence-corrected chi connectivity index (χ0v) is 13.2. The van der Waals surface area contributed by atoms with Gasteiger partial charge < -0.3 is 10.0 Å². The number of aliphatic hydroxyl groups is 1. The zero-order valence-electron chi connectivity index (χ0n) is 13.2. The van der Waals surface area contributed by atoms with Crippen LogP contribution in [0.2, 0.25) is 0 Å². The first-order valence-corrected chi connectivity index (χ1v) is 7.87. The predicted octanol–water partition coefficient (Wildman–Crippen LogP) is 2.87. The topological polar surface area (TPSA) is 53.4 Å². The monoisotopic (exact) mass is 332 g/mol. The van der Waals surface area contributed by atoms with E-state index in [2.05, 4.69) is 4.98 Å². The van der Waals surface area contributed by atoms with Crippen LogP contribution < -0.4 is 0 Å². The molecule has 1 aliphatic heterocycles. The van der Waals surface area contributed by atoms with Gasteiger partial charge in [-0.05, 0) is 42.7 Å². The van der Waals surface area contributed by atoms with Crippen molar-refractivity contribution in [3.63, 3.8) is 0 Å². The van der Waals surface area contributed by atoms with Crippen molar-refractivity contribution in [2.75, 3.05) is 6.54 Å². The summed E-state index contributed by atoms with van der Waals surface area (Å²) in [5.74, 6) is -1.51. The largest absolute Gasteiger partial charge is 0.391 e. The Morgan fingerprint density at radius 3 is 2.88 bits per heavy atom. The Labute approximate surface area is 138 Å². The molecule has 1 aromatic carbocycles. The van der Waals surface area contributed by atoms with Gasteiger partial charge in [0, 0.05) is 24.5 Å². The molecule has 2 heterocycles. The second-order valence-corrected chi connectivity index (χ2v) is 5.96. The van der Waals surface area contributed by atoms with Crippen LogP contribution in [0.15, 0.2) is 36.7 Å². The number of aromatic nitrogens is 1. The molecule has 24 heavy (non-hydrogen) atoms. The number of carbonyl (C=O) groups excluding carboxylic acids is 1. The van der Waals surface area contributed by atoms with Crippen molar-refractivity contribution in [1.82, 2.24) is 9.88 Å². The van der Waals surface area contributed by atoms with Crippen LogP contribution in [-0.2, 0) is 6.42 Å². The molecule has 0 unspecified atom stereocenters. The number of likely N-dealkylation sites (tertiary alicyclic amines) is 1. The van der Waals surface area contributed by atoms with Crippen molar-refractivity contribution in [2.24, 2.45) is 0 Å². The fourth-order valence-electron chi connectivity index (χ4n) is 3.07. The van der Waals surface area contributed by atoms with E-state index in [1.165, 1.54) is 11.1 Å². The summed E-state index contributed by atoms with van der Waals surface area (Å²) in [6.07, 6.45) is 3.26. The SMILES string of the molecule is CCc1cncc(C(=O)N2C[C@H](O)C[C@H]2c2cc(F)ccc2F)c1. The number of β-amino-alcohol motifs (C(OH)–C–C–N with tert-alkyl or cyclic N) is 1. The van der Waals surface area contributed by atoms with Gasteiger partial charge in [0.15, 0.2) is 0 Å². The van der Waals surface area contributed by atoms with E-state index in [9.17, 15) is 18.7 Å². The van der Waals surface area contributed by atoms with Crippen molar-refractivity contribution in [3.05, 3.63) is 65.0 Å². The molecular formula is C18H18F2N2O2. The molecule has 0 spiro atoms. The van der Waals surface area contributed by atoms with Gasteiger partial charge in [-0.2, -0.15) is 0 Å². The van der Waals surface area contributed by atoms with Crippen molar-refractivity contribution >= 4 is 5.91 Å². The zero-order chi connectivity index (χ0) is 17.3. The van der Waals surface area contributed by atoms with Crippen LogP contribution in [0.4, 0.5) is 8.78 Å². The van der Waals surface area contributed by atoms with E-state index in [4.69, 9.17) is 0 Å². The highest BCUT2D eigenvalue weighted by Crippen LogP contribution is 2.35. The van der Waals surface area contributed by atoms with Crippen LogP contribution >= 0.6 is 0 Å². The van der Waals surface area contributed by atoms with Gasteiger partial charge in [-0.3, -0.25) is 9.78 Å². The van der Waals surface area contributed by atoms with Crippen molar-refractivity contribution in [1.29, 1.82) is 0 Å². The van der Waals surface area contributed by atoms with Crippen LogP contribution in [0.1, 0.15) is 40.9 Å². The molecular weight excluding hydrogens is 314 g/mol. The molecule has 4 nitrogen and oxygen atoms in total. The minimum absolute atomic E-state index is 0.0792. The Morgan fingerprint density at radius 2 is 2.12 bits per heavy atom. The molecule has 126 valence electrons. The number of hydrogen-bond donors (Lipinski definition) is 1. The van der Waals surface area contributed by atoms with E-state index in [0.29, 0.717) is 5.56 Å². The van der Waals surface area contributed by atoms with E-state index in [0.717, 1.165) is 30.2 Å². The summed E-state index contributed by atoms with van der Waals surface area (Å²) in [5.41, 5.74) is 1.37. The number of halogens is 2. The number of pyridine rings is 1. The van der Waals surface area contributed by atoms with E-state index < -0.39 is 23.8 Å². The summed E-state index contributed by atoms with van der Waals surface area (Å²) < 4.78 is 27.6. The smallest absolute Gasteiger partial charge is 0.256 e. The number of hydrogen-bond acceptors (Lipinski definition) is 3. The van der Waals surface area contributed by atoms with Crippen LogP contribution in [0.3, 0.4) is 0 Å². The minimum Gasteiger partial charge on any atom is -0.391 e. The van der Waals surface area contributed by atoms with Crippen molar-refractivity contribution in [2.45, 2.75) is 31.9 Å². The average molecular weight is 332 g/mol. The van der Waals surface area contributed by atoms with E-state index in [-0.39, 0.29) is 24.4 Å². The summed E-state index contributed by atoms with van der Waals surface area (Å²) >= 11 is 0. The van der Waals surface area contributed by atoms with E-state index in [1.807, 2.05) is 6.92 Å². The van der Waals surface area contributed by atoms with Gasteiger partial charge in [0.25, 0.3) is 5.91 Å². The number of aliphatic hydroxyl groups excluding tert-OH is 1. The highest BCUT2D eigenvalue weighted by Gasteiger charge is 2.37. The number of rotatable bonds is 3. The lowest BCUT2D eigenvalue weighted by Gasteiger charge is -2.25. The lowest BCUT2D eigenvalue weighted by atomic mass is 10.0. The number of aryl methyl sites for hydroxylation is 1. The fraction of sp³-hybridized carbons (Fsp3) is 0.333. The van der Waals surface area contributed by atoms with E-state index >= 15 is 0 Å². The Hall–Kier alpha value is -2.34. The second kappa shape index (κ2) is 6.65. The maximum Gasteiger partial charge on any atom is 0.256 e.